The van der Waals surface area contributed by atoms with Crippen molar-refractivity contribution in [3.63, 3.8) is 0 Å². The summed E-state index contributed by atoms with van der Waals surface area (Å²) in [6.45, 7) is 3.94. The largest absolute Gasteiger partial charge is 0.418 e. The highest BCUT2D eigenvalue weighted by Crippen LogP contribution is 2.36. The Morgan fingerprint density at radius 2 is 2.03 bits per heavy atom. The molecule has 1 aromatic heterocycles. The number of aliphatic hydroxyl groups excluding tert-OH is 2. The molecular weight excluding hydrogens is 415 g/mol. The van der Waals surface area contributed by atoms with Gasteiger partial charge in [0.2, 0.25) is 0 Å². The van der Waals surface area contributed by atoms with Crippen molar-refractivity contribution in [3.05, 3.63) is 41.6 Å². The minimum Gasteiger partial charge on any atom is -0.393 e. The van der Waals surface area contributed by atoms with Crippen molar-refractivity contribution in [2.45, 2.75) is 43.7 Å². The van der Waals surface area contributed by atoms with E-state index in [1.54, 1.807) is 4.68 Å². The summed E-state index contributed by atoms with van der Waals surface area (Å²) in [5, 5.41) is 26.6. The van der Waals surface area contributed by atoms with E-state index in [9.17, 15) is 28.2 Å². The van der Waals surface area contributed by atoms with Crippen molar-refractivity contribution >= 4 is 24.1 Å². The molecule has 1 aliphatic carbocycles. The number of carbonyl (C=O) groups excluding carboxylic acids is 1. The summed E-state index contributed by atoms with van der Waals surface area (Å²) < 4.78 is 39.6. The number of amides is 1. The number of anilines is 2. The van der Waals surface area contributed by atoms with E-state index < -0.39 is 24.3 Å². The highest BCUT2D eigenvalue weighted by atomic mass is 19.4. The van der Waals surface area contributed by atoms with Crippen LogP contribution in [0.15, 0.2) is 35.5 Å². The van der Waals surface area contributed by atoms with Crippen LogP contribution in [-0.2, 0) is 0 Å². The molecule has 0 saturated heterocycles. The van der Waals surface area contributed by atoms with Gasteiger partial charge in [-0.15, -0.1) is 0 Å². The van der Waals surface area contributed by atoms with E-state index in [2.05, 4.69) is 22.1 Å². The topological polar surface area (TPSA) is 126 Å². The molecule has 1 aromatic carbocycles. The fourth-order valence-corrected chi connectivity index (χ4v) is 3.84. The monoisotopic (exact) mass is 439 g/mol. The molecule has 3 rings (SSSR count). The van der Waals surface area contributed by atoms with Gasteiger partial charge in [0.25, 0.3) is 5.91 Å². The summed E-state index contributed by atoms with van der Waals surface area (Å²) in [6.07, 6.45) is -4.53. The summed E-state index contributed by atoms with van der Waals surface area (Å²) >= 11 is 0. The van der Waals surface area contributed by atoms with E-state index in [0.29, 0.717) is 31.5 Å². The Morgan fingerprint density at radius 1 is 1.35 bits per heavy atom. The smallest absolute Gasteiger partial charge is 0.393 e. The summed E-state index contributed by atoms with van der Waals surface area (Å²) in [5.74, 6) is -0.571. The molecule has 8 nitrogen and oxygen atoms in total. The predicted molar refractivity (Wildman–Crippen MR) is 108 cm³/mol. The Kier molecular flexibility index (Phi) is 6.65. The minimum atomic E-state index is -4.77. The number of nitrogens with one attached hydrogen (secondary N) is 1. The molecule has 1 fully saturated rings. The van der Waals surface area contributed by atoms with Gasteiger partial charge in [0, 0.05) is 24.3 Å². The van der Waals surface area contributed by atoms with Crippen molar-refractivity contribution in [2.75, 3.05) is 11.9 Å². The number of nitrogens with zero attached hydrogens (tertiary/aromatic N) is 3. The van der Waals surface area contributed by atoms with Crippen LogP contribution in [0.5, 0.6) is 0 Å². The predicted octanol–water partition coefficient (Wildman–Crippen LogP) is 2.72. The SMILES string of the molecule is C=NC[C@H]1C[C@@H](O)CC[C@@H]1n1cc(C(N)=O)c(Nc2ccc([C@H](O)C(F)(F)F)cc2)n1. The molecule has 11 heteroatoms. The molecule has 1 amide bonds. The van der Waals surface area contributed by atoms with Crippen LogP contribution in [0.1, 0.15) is 47.3 Å². The maximum absolute atomic E-state index is 12.7. The van der Waals surface area contributed by atoms with Gasteiger partial charge >= 0.3 is 6.18 Å². The van der Waals surface area contributed by atoms with Crippen LogP contribution < -0.4 is 11.1 Å². The van der Waals surface area contributed by atoms with Gasteiger partial charge in [0.15, 0.2) is 11.9 Å². The van der Waals surface area contributed by atoms with Gasteiger partial charge < -0.3 is 26.3 Å². The number of benzene rings is 1. The molecule has 4 atom stereocenters. The highest BCUT2D eigenvalue weighted by molar-refractivity contribution is 5.98. The number of halogens is 3. The molecule has 0 radical (unpaired) electrons. The average Bonchev–Trinajstić information content (AvgIpc) is 3.11. The number of rotatable bonds is 7. The molecule has 0 aliphatic heterocycles. The fourth-order valence-electron chi connectivity index (χ4n) is 3.84. The standard InChI is InChI=1S/C20H24F3N5O3/c1-25-9-12-8-14(29)6-7-16(12)28-10-15(18(24)31)19(27-28)26-13-4-2-11(3-5-13)17(30)20(21,22)23/h2-5,10,12,14,16-17,29-30H,1,6-9H2,(H2,24,31)(H,26,27)/t12-,14+,16+,17+/m1/s1. The number of carbonyl (C=O) groups is 1. The zero-order valence-electron chi connectivity index (χ0n) is 16.6. The number of hydrogen-bond acceptors (Lipinski definition) is 6. The van der Waals surface area contributed by atoms with E-state index in [4.69, 9.17) is 5.73 Å². The maximum atomic E-state index is 12.7. The molecule has 2 aromatic rings. The van der Waals surface area contributed by atoms with Crippen molar-refractivity contribution in [1.82, 2.24) is 9.78 Å². The lowest BCUT2D eigenvalue weighted by Crippen LogP contribution is -2.32. The van der Waals surface area contributed by atoms with E-state index in [0.717, 1.165) is 12.1 Å². The van der Waals surface area contributed by atoms with Crippen molar-refractivity contribution in [1.29, 1.82) is 0 Å². The lowest BCUT2D eigenvalue weighted by Gasteiger charge is -2.33. The number of hydrogen-bond donors (Lipinski definition) is 4. The third-order valence-electron chi connectivity index (χ3n) is 5.41. The zero-order valence-corrected chi connectivity index (χ0v) is 16.6. The highest BCUT2D eigenvalue weighted by Gasteiger charge is 2.39. The zero-order chi connectivity index (χ0) is 22.8. The van der Waals surface area contributed by atoms with E-state index in [1.165, 1.54) is 18.3 Å². The van der Waals surface area contributed by atoms with Gasteiger partial charge in [0.1, 0.15) is 5.56 Å². The van der Waals surface area contributed by atoms with E-state index in [-0.39, 0.29) is 28.9 Å². The van der Waals surface area contributed by atoms with Gasteiger partial charge in [-0.05, 0) is 43.7 Å². The van der Waals surface area contributed by atoms with Crippen LogP contribution >= 0.6 is 0 Å². The number of primary amides is 1. The molecule has 0 bridgehead atoms. The first-order valence-corrected chi connectivity index (χ1v) is 9.71. The third kappa shape index (κ3) is 5.23. The van der Waals surface area contributed by atoms with Crippen LogP contribution in [0.2, 0.25) is 0 Å². The second kappa shape index (κ2) is 9.06. The molecule has 1 saturated carbocycles. The summed E-state index contributed by atoms with van der Waals surface area (Å²) in [7, 11) is 0. The van der Waals surface area contributed by atoms with Crippen LogP contribution in [0.25, 0.3) is 0 Å². The molecular formula is C20H24F3N5O3. The van der Waals surface area contributed by atoms with Crippen molar-refractivity contribution in [3.8, 4) is 0 Å². The molecule has 1 aliphatic rings. The number of nitrogens with two attached hydrogens (primary N) is 1. The van der Waals surface area contributed by atoms with Gasteiger partial charge in [-0.2, -0.15) is 18.3 Å². The Labute approximate surface area is 176 Å². The summed E-state index contributed by atoms with van der Waals surface area (Å²) in [6, 6.07) is 4.84. The van der Waals surface area contributed by atoms with Gasteiger partial charge in [-0.25, -0.2) is 0 Å². The van der Waals surface area contributed by atoms with Gasteiger partial charge in [0.05, 0.1) is 12.1 Å². The molecule has 168 valence electrons. The summed E-state index contributed by atoms with van der Waals surface area (Å²) in [4.78, 5) is 15.9. The normalized spacial score (nSPS) is 22.7. The van der Waals surface area contributed by atoms with Crippen LogP contribution in [-0.4, -0.2) is 51.4 Å². The lowest BCUT2D eigenvalue weighted by molar-refractivity contribution is -0.206. The quantitative estimate of drug-likeness (QED) is 0.494. The van der Waals surface area contributed by atoms with Crippen molar-refractivity contribution in [2.24, 2.45) is 16.6 Å². The van der Waals surface area contributed by atoms with Crippen LogP contribution in [0.4, 0.5) is 24.7 Å². The third-order valence-corrected chi connectivity index (χ3v) is 5.41. The lowest BCUT2D eigenvalue weighted by atomic mass is 9.83. The Morgan fingerprint density at radius 3 is 2.61 bits per heavy atom. The average molecular weight is 439 g/mol. The second-order valence-corrected chi connectivity index (χ2v) is 7.63. The minimum absolute atomic E-state index is 0.0159. The maximum Gasteiger partial charge on any atom is 0.418 e. The Bertz CT molecular complexity index is 929. The molecule has 0 spiro atoms. The number of aliphatic imine (C=N–C) groups is 1. The van der Waals surface area contributed by atoms with Gasteiger partial charge in [-0.1, -0.05) is 12.1 Å². The molecule has 0 unspecified atom stereocenters. The number of aromatic nitrogens is 2. The van der Waals surface area contributed by atoms with E-state index in [1.807, 2.05) is 0 Å². The molecule has 31 heavy (non-hydrogen) atoms. The van der Waals surface area contributed by atoms with Gasteiger partial charge in [-0.3, -0.25) is 9.48 Å². The van der Waals surface area contributed by atoms with Crippen LogP contribution in [0.3, 0.4) is 0 Å². The van der Waals surface area contributed by atoms with E-state index >= 15 is 0 Å². The molecule has 5 N–H and O–H groups in total. The van der Waals surface area contributed by atoms with Crippen molar-refractivity contribution < 1.29 is 28.2 Å². The van der Waals surface area contributed by atoms with Crippen LogP contribution in [0, 0.1) is 5.92 Å². The Hall–Kier alpha value is -2.92. The second-order valence-electron chi connectivity index (χ2n) is 7.63. The molecule has 1 heterocycles. The number of alkyl halides is 3. The first kappa shape index (κ1) is 22.8. The number of aliphatic hydroxyl groups is 2. The Balaban J connectivity index is 1.84. The fraction of sp³-hybridized carbons (Fsp3) is 0.450. The first-order valence-electron chi connectivity index (χ1n) is 9.71. The first-order chi connectivity index (χ1) is 14.6. The summed E-state index contributed by atoms with van der Waals surface area (Å²) in [5.41, 5.74) is 5.66.